The van der Waals surface area contributed by atoms with Gasteiger partial charge in [-0.1, -0.05) is 12.1 Å². The summed E-state index contributed by atoms with van der Waals surface area (Å²) in [6, 6.07) is 5.12. The van der Waals surface area contributed by atoms with Gasteiger partial charge in [-0.3, -0.25) is 9.36 Å². The van der Waals surface area contributed by atoms with Gasteiger partial charge in [-0.15, -0.1) is 0 Å². The van der Waals surface area contributed by atoms with Crippen molar-refractivity contribution in [3.05, 3.63) is 69.8 Å². The molecule has 6 nitrogen and oxygen atoms in total. The Morgan fingerprint density at radius 3 is 2.31 bits per heavy atom. The SMILES string of the molecule is CC(NC(=O)OC(C)(C)C)c1nc2cccc(C(F)F)c2c(=O)n1-c1cc(F)cc(F)c1. The number of alkyl halides is 2. The molecule has 0 aliphatic carbocycles. The maximum Gasteiger partial charge on any atom is 0.408 e. The van der Waals surface area contributed by atoms with E-state index in [-0.39, 0.29) is 22.4 Å². The van der Waals surface area contributed by atoms with Crippen molar-refractivity contribution in [2.75, 3.05) is 0 Å². The van der Waals surface area contributed by atoms with E-state index in [4.69, 9.17) is 4.74 Å². The zero-order valence-corrected chi connectivity index (χ0v) is 17.7. The first-order chi connectivity index (χ1) is 14.9. The minimum absolute atomic E-state index is 0.0474. The Morgan fingerprint density at radius 1 is 1.12 bits per heavy atom. The van der Waals surface area contributed by atoms with Gasteiger partial charge in [0.25, 0.3) is 12.0 Å². The Bertz CT molecular complexity index is 1220. The number of benzene rings is 2. The van der Waals surface area contributed by atoms with Crippen LogP contribution < -0.4 is 10.9 Å². The molecule has 0 radical (unpaired) electrons. The second-order valence-electron chi connectivity index (χ2n) is 8.15. The van der Waals surface area contributed by atoms with Gasteiger partial charge in [-0.05, 0) is 45.9 Å². The predicted molar refractivity (Wildman–Crippen MR) is 110 cm³/mol. The van der Waals surface area contributed by atoms with Crippen molar-refractivity contribution in [3.63, 3.8) is 0 Å². The maximum atomic E-state index is 13.9. The summed E-state index contributed by atoms with van der Waals surface area (Å²) < 4.78 is 60.9. The smallest absolute Gasteiger partial charge is 0.408 e. The van der Waals surface area contributed by atoms with E-state index in [0.717, 1.165) is 22.8 Å². The fraction of sp³-hybridized carbons (Fsp3) is 0.318. The van der Waals surface area contributed by atoms with Crippen LogP contribution in [0.3, 0.4) is 0 Å². The van der Waals surface area contributed by atoms with Crippen molar-refractivity contribution in [1.82, 2.24) is 14.9 Å². The Balaban J connectivity index is 2.27. The quantitative estimate of drug-likeness (QED) is 0.555. The van der Waals surface area contributed by atoms with Crippen molar-refractivity contribution in [2.45, 2.75) is 45.8 Å². The molecule has 1 amide bonds. The summed E-state index contributed by atoms with van der Waals surface area (Å²) in [6.07, 6.45) is -3.80. The molecule has 3 aromatic rings. The highest BCUT2D eigenvalue weighted by molar-refractivity contribution is 5.82. The summed E-state index contributed by atoms with van der Waals surface area (Å²) in [6.45, 7) is 6.44. The molecule has 0 aliphatic rings. The number of nitrogens with one attached hydrogen (secondary N) is 1. The number of nitrogens with zero attached hydrogens (tertiary/aromatic N) is 2. The van der Waals surface area contributed by atoms with E-state index < -0.39 is 46.9 Å². The van der Waals surface area contributed by atoms with E-state index >= 15 is 0 Å². The molecule has 170 valence electrons. The van der Waals surface area contributed by atoms with Gasteiger partial charge in [0, 0.05) is 11.6 Å². The number of hydrogen-bond acceptors (Lipinski definition) is 4. The van der Waals surface area contributed by atoms with Gasteiger partial charge in [-0.2, -0.15) is 0 Å². The minimum atomic E-state index is -2.98. The number of halogens is 4. The zero-order valence-electron chi connectivity index (χ0n) is 17.7. The van der Waals surface area contributed by atoms with Crippen LogP contribution in [-0.2, 0) is 4.74 Å². The lowest BCUT2D eigenvalue weighted by atomic mass is 10.1. The largest absolute Gasteiger partial charge is 0.444 e. The lowest BCUT2D eigenvalue weighted by Gasteiger charge is -2.23. The topological polar surface area (TPSA) is 73.2 Å². The Morgan fingerprint density at radius 2 is 1.75 bits per heavy atom. The molecule has 1 aromatic heterocycles. The van der Waals surface area contributed by atoms with Gasteiger partial charge >= 0.3 is 6.09 Å². The van der Waals surface area contributed by atoms with Crippen LogP contribution in [-0.4, -0.2) is 21.2 Å². The number of alkyl carbamates (subject to hydrolysis) is 1. The van der Waals surface area contributed by atoms with Crippen LogP contribution in [0.15, 0.2) is 41.2 Å². The van der Waals surface area contributed by atoms with Gasteiger partial charge in [0.1, 0.15) is 23.1 Å². The molecule has 1 unspecified atom stereocenters. The first-order valence-electron chi connectivity index (χ1n) is 9.67. The normalized spacial score (nSPS) is 12.8. The fourth-order valence-corrected chi connectivity index (χ4v) is 3.21. The minimum Gasteiger partial charge on any atom is -0.444 e. The first kappa shape index (κ1) is 23.2. The van der Waals surface area contributed by atoms with Crippen molar-refractivity contribution < 1.29 is 27.1 Å². The predicted octanol–water partition coefficient (Wildman–Crippen LogP) is 5.19. The first-order valence-corrected chi connectivity index (χ1v) is 9.67. The van der Waals surface area contributed by atoms with Crippen molar-refractivity contribution >= 4 is 17.0 Å². The van der Waals surface area contributed by atoms with E-state index in [1.807, 2.05) is 0 Å². The number of amides is 1. The summed E-state index contributed by atoms with van der Waals surface area (Å²) in [7, 11) is 0. The van der Waals surface area contributed by atoms with Crippen molar-refractivity contribution in [2.24, 2.45) is 0 Å². The highest BCUT2D eigenvalue weighted by atomic mass is 19.3. The molecule has 0 saturated carbocycles. The van der Waals surface area contributed by atoms with Gasteiger partial charge in [0.2, 0.25) is 0 Å². The monoisotopic (exact) mass is 451 g/mol. The molecule has 1 atom stereocenters. The van der Waals surface area contributed by atoms with Gasteiger partial charge < -0.3 is 10.1 Å². The summed E-state index contributed by atoms with van der Waals surface area (Å²) >= 11 is 0. The molecule has 3 rings (SSSR count). The summed E-state index contributed by atoms with van der Waals surface area (Å²) in [5, 5.41) is 2.11. The average molecular weight is 451 g/mol. The summed E-state index contributed by atoms with van der Waals surface area (Å²) in [5.74, 6) is -2.08. The summed E-state index contributed by atoms with van der Waals surface area (Å²) in [4.78, 5) is 29.8. The highest BCUT2D eigenvalue weighted by Crippen LogP contribution is 2.27. The number of carbonyl (C=O) groups is 1. The lowest BCUT2D eigenvalue weighted by Crippen LogP contribution is -2.37. The second-order valence-corrected chi connectivity index (χ2v) is 8.15. The number of rotatable bonds is 4. The second kappa shape index (κ2) is 8.60. The molecule has 0 fully saturated rings. The molecular formula is C22H21F4N3O3. The van der Waals surface area contributed by atoms with Crippen LogP contribution in [0.4, 0.5) is 22.4 Å². The average Bonchev–Trinajstić information content (AvgIpc) is 2.64. The van der Waals surface area contributed by atoms with Gasteiger partial charge in [-0.25, -0.2) is 27.3 Å². The van der Waals surface area contributed by atoms with E-state index in [1.165, 1.54) is 19.1 Å². The summed E-state index contributed by atoms with van der Waals surface area (Å²) in [5.41, 5.74) is -2.64. The number of ether oxygens (including phenoxy) is 1. The highest BCUT2D eigenvalue weighted by Gasteiger charge is 2.25. The molecule has 32 heavy (non-hydrogen) atoms. The van der Waals surface area contributed by atoms with Crippen LogP contribution in [0.5, 0.6) is 0 Å². The Kier molecular flexibility index (Phi) is 6.25. The third-order valence-electron chi connectivity index (χ3n) is 4.42. The molecule has 2 aromatic carbocycles. The molecule has 0 saturated heterocycles. The van der Waals surface area contributed by atoms with E-state index in [0.29, 0.717) is 6.07 Å². The van der Waals surface area contributed by atoms with Crippen LogP contribution in [0, 0.1) is 11.6 Å². The molecule has 0 aliphatic heterocycles. The molecule has 0 bridgehead atoms. The number of hydrogen-bond donors (Lipinski definition) is 1. The maximum absolute atomic E-state index is 13.9. The zero-order chi connectivity index (χ0) is 23.8. The van der Waals surface area contributed by atoms with Crippen LogP contribution in [0.25, 0.3) is 16.6 Å². The van der Waals surface area contributed by atoms with Crippen molar-refractivity contribution in [1.29, 1.82) is 0 Å². The molecule has 1 heterocycles. The molecule has 0 spiro atoms. The number of carbonyl (C=O) groups excluding carboxylic acids is 1. The van der Waals surface area contributed by atoms with Crippen LogP contribution in [0.1, 0.15) is 51.6 Å². The van der Waals surface area contributed by atoms with E-state index in [9.17, 15) is 27.2 Å². The Labute approximate surface area is 180 Å². The standard InChI is InChI=1S/C22H21F4N3O3/c1-11(27-21(31)32-22(2,3)4)19-28-16-7-5-6-15(18(25)26)17(16)20(30)29(19)14-9-12(23)8-13(24)10-14/h5-11,18H,1-4H3,(H,27,31). The molecular weight excluding hydrogens is 430 g/mol. The fourth-order valence-electron chi connectivity index (χ4n) is 3.21. The lowest BCUT2D eigenvalue weighted by molar-refractivity contribution is 0.0505. The molecule has 10 heteroatoms. The van der Waals surface area contributed by atoms with Gasteiger partial charge in [0.05, 0.1) is 22.6 Å². The van der Waals surface area contributed by atoms with E-state index in [2.05, 4.69) is 10.3 Å². The van der Waals surface area contributed by atoms with Crippen LogP contribution >= 0.6 is 0 Å². The number of fused-ring (bicyclic) bond motifs is 1. The van der Waals surface area contributed by atoms with E-state index in [1.54, 1.807) is 20.8 Å². The van der Waals surface area contributed by atoms with Crippen molar-refractivity contribution in [3.8, 4) is 5.69 Å². The third kappa shape index (κ3) is 4.90. The third-order valence-corrected chi connectivity index (χ3v) is 4.42. The van der Waals surface area contributed by atoms with Gasteiger partial charge in [0.15, 0.2) is 0 Å². The Hall–Kier alpha value is -3.43. The molecule has 1 N–H and O–H groups in total. The van der Waals surface area contributed by atoms with Crippen LogP contribution in [0.2, 0.25) is 0 Å². The number of aromatic nitrogens is 2.